The lowest BCUT2D eigenvalue weighted by molar-refractivity contribution is 0.163. The average molecular weight is 296 g/mol. The van der Waals surface area contributed by atoms with E-state index in [2.05, 4.69) is 6.58 Å². The number of ether oxygens (including phenoxy) is 1. The van der Waals surface area contributed by atoms with Crippen molar-refractivity contribution in [3.63, 3.8) is 0 Å². The lowest BCUT2D eigenvalue weighted by Gasteiger charge is -2.12. The summed E-state index contributed by atoms with van der Waals surface area (Å²) < 4.78 is 5.75. The molecule has 0 saturated carbocycles. The highest BCUT2D eigenvalue weighted by Crippen LogP contribution is 2.22. The summed E-state index contributed by atoms with van der Waals surface area (Å²) in [6, 6.07) is 17.8. The molecule has 0 bridgehead atoms. The van der Waals surface area contributed by atoms with Crippen molar-refractivity contribution in [2.24, 2.45) is 0 Å². The summed E-state index contributed by atoms with van der Waals surface area (Å²) in [5.41, 5.74) is 2.10. The van der Waals surface area contributed by atoms with Gasteiger partial charge in [-0.2, -0.15) is 0 Å². The Morgan fingerprint density at radius 2 is 1.73 bits per heavy atom. The highest BCUT2D eigenvalue weighted by atomic mass is 16.5. The quantitative estimate of drug-likeness (QED) is 0.518. The third-order valence-electron chi connectivity index (χ3n) is 3.65. The van der Waals surface area contributed by atoms with E-state index >= 15 is 0 Å². The van der Waals surface area contributed by atoms with Crippen LogP contribution in [0.5, 0.6) is 5.75 Å². The van der Waals surface area contributed by atoms with Crippen LogP contribution < -0.4 is 4.74 Å². The Hall–Kier alpha value is -2.06. The zero-order valence-electron chi connectivity index (χ0n) is 12.9. The van der Waals surface area contributed by atoms with Gasteiger partial charge >= 0.3 is 0 Å². The monoisotopic (exact) mass is 296 g/mol. The van der Waals surface area contributed by atoms with E-state index in [9.17, 15) is 5.11 Å². The molecule has 1 N–H and O–H groups in total. The minimum atomic E-state index is -0.395. The molecule has 0 spiro atoms. The van der Waals surface area contributed by atoms with Gasteiger partial charge in [0.25, 0.3) is 0 Å². The summed E-state index contributed by atoms with van der Waals surface area (Å²) in [6.45, 7) is 4.27. The molecule has 2 nitrogen and oxygen atoms in total. The lowest BCUT2D eigenvalue weighted by atomic mass is 10.0. The Morgan fingerprint density at radius 1 is 1.00 bits per heavy atom. The van der Waals surface area contributed by atoms with E-state index in [1.54, 1.807) is 0 Å². The molecule has 2 aromatic rings. The number of aliphatic hydroxyl groups excluding tert-OH is 1. The van der Waals surface area contributed by atoms with Gasteiger partial charge in [0.2, 0.25) is 0 Å². The highest BCUT2D eigenvalue weighted by molar-refractivity contribution is 5.29. The smallest absolute Gasteiger partial charge is 0.119 e. The number of benzene rings is 2. The summed E-state index contributed by atoms with van der Waals surface area (Å²) in [5, 5.41) is 10.2. The molecule has 116 valence electrons. The van der Waals surface area contributed by atoms with Crippen LogP contribution in [0, 0.1) is 0 Å². The van der Waals surface area contributed by atoms with E-state index in [0.717, 1.165) is 42.6 Å². The molecule has 0 aliphatic carbocycles. The Morgan fingerprint density at radius 3 is 2.41 bits per heavy atom. The number of allylic oxidation sites excluding steroid dienone is 1. The van der Waals surface area contributed by atoms with E-state index < -0.39 is 6.10 Å². The maximum atomic E-state index is 10.2. The molecule has 22 heavy (non-hydrogen) atoms. The van der Waals surface area contributed by atoms with Gasteiger partial charge in [0.15, 0.2) is 0 Å². The fraction of sp³-hybridized carbons (Fsp3) is 0.300. The van der Waals surface area contributed by atoms with Crippen LogP contribution in [0.15, 0.2) is 67.3 Å². The summed E-state index contributed by atoms with van der Waals surface area (Å²) in [6.07, 6.45) is 5.42. The highest BCUT2D eigenvalue weighted by Gasteiger charge is 2.07. The minimum absolute atomic E-state index is 0.395. The minimum Gasteiger partial charge on any atom is -0.489 e. The average Bonchev–Trinajstić information content (AvgIpc) is 2.58. The Labute approximate surface area is 133 Å². The van der Waals surface area contributed by atoms with Gasteiger partial charge in [-0.25, -0.2) is 0 Å². The summed E-state index contributed by atoms with van der Waals surface area (Å²) >= 11 is 0. The van der Waals surface area contributed by atoms with E-state index in [4.69, 9.17) is 4.74 Å². The Balaban J connectivity index is 1.80. The molecule has 0 aliphatic rings. The maximum absolute atomic E-state index is 10.2. The van der Waals surface area contributed by atoms with Gasteiger partial charge in [-0.05, 0) is 42.5 Å². The van der Waals surface area contributed by atoms with Crippen LogP contribution >= 0.6 is 0 Å². The van der Waals surface area contributed by atoms with Gasteiger partial charge in [0, 0.05) is 0 Å². The maximum Gasteiger partial charge on any atom is 0.119 e. The molecule has 0 heterocycles. The van der Waals surface area contributed by atoms with Crippen molar-refractivity contribution in [1.29, 1.82) is 0 Å². The molecule has 0 radical (unpaired) electrons. The van der Waals surface area contributed by atoms with E-state index in [-0.39, 0.29) is 0 Å². The lowest BCUT2D eigenvalue weighted by Crippen LogP contribution is -1.98. The summed E-state index contributed by atoms with van der Waals surface area (Å²) in [4.78, 5) is 0. The first-order valence-corrected chi connectivity index (χ1v) is 7.85. The summed E-state index contributed by atoms with van der Waals surface area (Å²) in [5.74, 6) is 0.825. The van der Waals surface area contributed by atoms with Crippen molar-refractivity contribution in [3.8, 4) is 5.75 Å². The molecular weight excluding hydrogens is 272 g/mol. The van der Waals surface area contributed by atoms with Crippen LogP contribution in [0.2, 0.25) is 0 Å². The molecule has 2 aromatic carbocycles. The van der Waals surface area contributed by atoms with Gasteiger partial charge in [-0.15, -0.1) is 6.58 Å². The second-order valence-electron chi connectivity index (χ2n) is 5.43. The zero-order valence-corrected chi connectivity index (χ0v) is 12.9. The van der Waals surface area contributed by atoms with Gasteiger partial charge < -0.3 is 9.84 Å². The van der Waals surface area contributed by atoms with Crippen molar-refractivity contribution >= 4 is 0 Å². The number of rotatable bonds is 9. The molecule has 0 saturated heterocycles. The molecule has 2 heteroatoms. The Kier molecular flexibility index (Phi) is 6.72. The van der Waals surface area contributed by atoms with E-state index in [1.165, 1.54) is 0 Å². The molecule has 1 atom stereocenters. The normalized spacial score (nSPS) is 11.9. The molecular formula is C20H24O2. The zero-order chi connectivity index (χ0) is 15.6. The van der Waals surface area contributed by atoms with Crippen molar-refractivity contribution in [1.82, 2.24) is 0 Å². The fourth-order valence-electron chi connectivity index (χ4n) is 2.32. The van der Waals surface area contributed by atoms with E-state index in [0.29, 0.717) is 6.61 Å². The first-order chi connectivity index (χ1) is 10.8. The molecule has 0 amide bonds. The van der Waals surface area contributed by atoms with Gasteiger partial charge in [0.05, 0.1) is 6.10 Å². The number of hydrogen-bond donors (Lipinski definition) is 1. The number of aliphatic hydroxyl groups is 1. The van der Waals surface area contributed by atoms with Crippen LogP contribution in [0.4, 0.5) is 0 Å². The van der Waals surface area contributed by atoms with Crippen LogP contribution in [0.25, 0.3) is 0 Å². The van der Waals surface area contributed by atoms with Crippen molar-refractivity contribution in [2.75, 3.05) is 0 Å². The molecule has 0 aromatic heterocycles. The second kappa shape index (κ2) is 9.06. The predicted octanol–water partition coefficient (Wildman–Crippen LogP) is 5.05. The van der Waals surface area contributed by atoms with Crippen molar-refractivity contribution < 1.29 is 9.84 Å². The van der Waals surface area contributed by atoms with Crippen molar-refractivity contribution in [2.45, 2.75) is 38.4 Å². The molecule has 2 rings (SSSR count). The Bertz CT molecular complexity index is 546. The van der Waals surface area contributed by atoms with Gasteiger partial charge in [-0.1, -0.05) is 55.0 Å². The summed E-state index contributed by atoms with van der Waals surface area (Å²) in [7, 11) is 0. The predicted molar refractivity (Wildman–Crippen MR) is 90.8 cm³/mol. The first-order valence-electron chi connectivity index (χ1n) is 7.85. The molecule has 0 aliphatic heterocycles. The fourth-order valence-corrected chi connectivity index (χ4v) is 2.32. The first kappa shape index (κ1) is 16.3. The topological polar surface area (TPSA) is 29.5 Å². The number of unbranched alkanes of at least 4 members (excludes halogenated alkanes) is 2. The van der Waals surface area contributed by atoms with Crippen LogP contribution in [-0.2, 0) is 6.61 Å². The van der Waals surface area contributed by atoms with Crippen LogP contribution in [0.3, 0.4) is 0 Å². The van der Waals surface area contributed by atoms with Gasteiger partial charge in [-0.3, -0.25) is 0 Å². The van der Waals surface area contributed by atoms with Crippen molar-refractivity contribution in [3.05, 3.63) is 78.4 Å². The van der Waals surface area contributed by atoms with Crippen LogP contribution in [-0.4, -0.2) is 5.11 Å². The SMILES string of the molecule is C=CCCCCC(O)c1ccc(OCc2ccccc2)cc1. The third-order valence-corrected chi connectivity index (χ3v) is 3.65. The molecule has 1 unspecified atom stereocenters. The largest absolute Gasteiger partial charge is 0.489 e. The van der Waals surface area contributed by atoms with Gasteiger partial charge in [0.1, 0.15) is 12.4 Å². The standard InChI is InChI=1S/C20H24O2/c1-2-3-4-8-11-20(21)18-12-14-19(15-13-18)22-16-17-9-6-5-7-10-17/h2,5-7,9-10,12-15,20-21H,1,3-4,8,11,16H2. The third kappa shape index (κ3) is 5.38. The molecule has 0 fully saturated rings. The number of hydrogen-bond acceptors (Lipinski definition) is 2. The second-order valence-corrected chi connectivity index (χ2v) is 5.43. The van der Waals surface area contributed by atoms with Crippen LogP contribution in [0.1, 0.15) is 42.9 Å². The van der Waals surface area contributed by atoms with E-state index in [1.807, 2.05) is 60.7 Å².